The lowest BCUT2D eigenvalue weighted by Crippen LogP contribution is -1.88. The van der Waals surface area contributed by atoms with Crippen LogP contribution in [0.5, 0.6) is 5.75 Å². The summed E-state index contributed by atoms with van der Waals surface area (Å²) in [6.07, 6.45) is 0. The Labute approximate surface area is 136 Å². The molecule has 0 bridgehead atoms. The number of hydrogen-bond donors (Lipinski definition) is 0. The smallest absolute Gasteiger partial charge is 0.247 e. The highest BCUT2D eigenvalue weighted by molar-refractivity contribution is 8.01. The summed E-state index contributed by atoms with van der Waals surface area (Å²) in [6.45, 7) is 4.02. The lowest BCUT2D eigenvalue weighted by molar-refractivity contribution is 0.415. The zero-order valence-corrected chi connectivity index (χ0v) is 14.1. The summed E-state index contributed by atoms with van der Waals surface area (Å²) in [5, 5.41) is 10.4. The van der Waals surface area contributed by atoms with Gasteiger partial charge in [0.1, 0.15) is 5.75 Å². The van der Waals surface area contributed by atoms with Crippen molar-refractivity contribution >= 4 is 23.1 Å². The summed E-state index contributed by atoms with van der Waals surface area (Å²) in [4.78, 5) is 4.44. The number of nitrogens with zero attached hydrogens (tertiary/aromatic N) is 3. The molecule has 0 radical (unpaired) electrons. The molecule has 114 valence electrons. The molecule has 0 spiro atoms. The Bertz CT molecular complexity index is 752. The SMILES string of the molecule is COc1ccc(-c2nnc([C@@H](C)Sc3nc(C)cs3)o2)cc1. The number of benzene rings is 1. The number of methoxy groups -OCH3 is 1. The maximum atomic E-state index is 5.78. The topological polar surface area (TPSA) is 61.0 Å². The van der Waals surface area contributed by atoms with Crippen molar-refractivity contribution in [2.24, 2.45) is 0 Å². The molecule has 0 fully saturated rings. The predicted octanol–water partition coefficient (Wildman–Crippen LogP) is 4.36. The van der Waals surface area contributed by atoms with Crippen molar-refractivity contribution in [3.8, 4) is 17.2 Å². The van der Waals surface area contributed by atoms with Gasteiger partial charge in [-0.15, -0.1) is 21.5 Å². The van der Waals surface area contributed by atoms with E-state index in [0.717, 1.165) is 21.3 Å². The van der Waals surface area contributed by atoms with Crippen LogP contribution in [0.4, 0.5) is 0 Å². The lowest BCUT2D eigenvalue weighted by atomic mass is 10.2. The van der Waals surface area contributed by atoms with Gasteiger partial charge >= 0.3 is 0 Å². The Balaban J connectivity index is 1.74. The quantitative estimate of drug-likeness (QED) is 0.646. The monoisotopic (exact) mass is 333 g/mol. The zero-order chi connectivity index (χ0) is 15.5. The Morgan fingerprint density at radius 3 is 2.64 bits per heavy atom. The van der Waals surface area contributed by atoms with Gasteiger partial charge in [0.05, 0.1) is 12.4 Å². The first-order valence-corrected chi connectivity index (χ1v) is 8.48. The lowest BCUT2D eigenvalue weighted by Gasteiger charge is -2.03. The molecule has 3 rings (SSSR count). The van der Waals surface area contributed by atoms with Gasteiger partial charge in [0, 0.05) is 16.6 Å². The van der Waals surface area contributed by atoms with Crippen molar-refractivity contribution in [2.45, 2.75) is 23.4 Å². The first kappa shape index (κ1) is 15.1. The second-order valence-electron chi connectivity index (χ2n) is 4.69. The fourth-order valence-corrected chi connectivity index (χ4v) is 3.85. The van der Waals surface area contributed by atoms with Gasteiger partial charge in [0.2, 0.25) is 11.8 Å². The minimum absolute atomic E-state index is 0.0602. The highest BCUT2D eigenvalue weighted by Crippen LogP contribution is 2.36. The molecule has 0 saturated carbocycles. The number of thioether (sulfide) groups is 1. The van der Waals surface area contributed by atoms with Crippen LogP contribution in [0.1, 0.15) is 23.8 Å². The van der Waals surface area contributed by atoms with Gasteiger partial charge in [0.25, 0.3) is 0 Å². The van der Waals surface area contributed by atoms with E-state index in [2.05, 4.69) is 15.2 Å². The van der Waals surface area contributed by atoms with Gasteiger partial charge in [-0.25, -0.2) is 4.98 Å². The molecule has 1 aromatic carbocycles. The summed E-state index contributed by atoms with van der Waals surface area (Å²) in [6, 6.07) is 7.54. The largest absolute Gasteiger partial charge is 0.497 e. The highest BCUT2D eigenvalue weighted by Gasteiger charge is 2.17. The second kappa shape index (κ2) is 6.50. The summed E-state index contributed by atoms with van der Waals surface area (Å²) >= 11 is 3.25. The Morgan fingerprint density at radius 1 is 1.23 bits per heavy atom. The van der Waals surface area contributed by atoms with E-state index in [4.69, 9.17) is 9.15 Å². The van der Waals surface area contributed by atoms with Crippen LogP contribution < -0.4 is 4.74 Å². The molecule has 2 aromatic heterocycles. The minimum atomic E-state index is 0.0602. The van der Waals surface area contributed by atoms with E-state index in [1.54, 1.807) is 30.2 Å². The molecule has 0 aliphatic carbocycles. The second-order valence-corrected chi connectivity index (χ2v) is 7.13. The number of hydrogen-bond acceptors (Lipinski definition) is 7. The van der Waals surface area contributed by atoms with Crippen molar-refractivity contribution in [3.63, 3.8) is 0 Å². The van der Waals surface area contributed by atoms with E-state index >= 15 is 0 Å². The molecular formula is C15H15N3O2S2. The molecule has 0 amide bonds. The van der Waals surface area contributed by atoms with Gasteiger partial charge < -0.3 is 9.15 Å². The molecule has 22 heavy (non-hydrogen) atoms. The van der Waals surface area contributed by atoms with Crippen molar-refractivity contribution < 1.29 is 9.15 Å². The van der Waals surface area contributed by atoms with Crippen LogP contribution in [0.15, 0.2) is 38.4 Å². The Kier molecular flexibility index (Phi) is 4.44. The van der Waals surface area contributed by atoms with E-state index in [0.29, 0.717) is 11.8 Å². The van der Waals surface area contributed by atoms with Gasteiger partial charge in [0.15, 0.2) is 4.34 Å². The third-order valence-corrected chi connectivity index (χ3v) is 5.18. The van der Waals surface area contributed by atoms with Gasteiger partial charge in [-0.2, -0.15) is 0 Å². The van der Waals surface area contributed by atoms with E-state index in [1.165, 1.54) is 0 Å². The van der Waals surface area contributed by atoms with E-state index in [-0.39, 0.29) is 5.25 Å². The van der Waals surface area contributed by atoms with Crippen LogP contribution >= 0.6 is 23.1 Å². The maximum Gasteiger partial charge on any atom is 0.247 e. The van der Waals surface area contributed by atoms with Gasteiger partial charge in [-0.1, -0.05) is 11.8 Å². The van der Waals surface area contributed by atoms with Crippen molar-refractivity contribution in [1.29, 1.82) is 0 Å². The average Bonchev–Trinajstić information content (AvgIpc) is 3.17. The Morgan fingerprint density at radius 2 is 2.00 bits per heavy atom. The molecule has 0 N–H and O–H groups in total. The van der Waals surface area contributed by atoms with Crippen LogP contribution in [-0.2, 0) is 0 Å². The van der Waals surface area contributed by atoms with E-state index in [9.17, 15) is 0 Å². The normalized spacial score (nSPS) is 12.3. The molecule has 5 nitrogen and oxygen atoms in total. The summed E-state index contributed by atoms with van der Waals surface area (Å²) < 4.78 is 11.9. The number of rotatable bonds is 5. The van der Waals surface area contributed by atoms with Crippen LogP contribution in [-0.4, -0.2) is 22.3 Å². The van der Waals surface area contributed by atoms with Crippen LogP contribution in [0.2, 0.25) is 0 Å². The van der Waals surface area contributed by atoms with E-state index < -0.39 is 0 Å². The molecule has 1 atom stereocenters. The predicted molar refractivity (Wildman–Crippen MR) is 87.4 cm³/mol. The van der Waals surface area contributed by atoms with Crippen LogP contribution in [0, 0.1) is 6.92 Å². The average molecular weight is 333 g/mol. The summed E-state index contributed by atoms with van der Waals surface area (Å²) in [7, 11) is 1.64. The third-order valence-electron chi connectivity index (χ3n) is 3.00. The molecule has 0 aliphatic heterocycles. The first-order valence-electron chi connectivity index (χ1n) is 6.72. The van der Waals surface area contributed by atoms with Crippen LogP contribution in [0.25, 0.3) is 11.5 Å². The fourth-order valence-electron chi connectivity index (χ4n) is 1.84. The minimum Gasteiger partial charge on any atom is -0.497 e. The van der Waals surface area contributed by atoms with Gasteiger partial charge in [-0.3, -0.25) is 0 Å². The summed E-state index contributed by atoms with van der Waals surface area (Å²) in [5.41, 5.74) is 1.91. The molecule has 0 aliphatic rings. The van der Waals surface area contributed by atoms with E-state index in [1.807, 2.05) is 43.5 Å². The fraction of sp³-hybridized carbons (Fsp3) is 0.267. The number of aromatic nitrogens is 3. The molecule has 7 heteroatoms. The van der Waals surface area contributed by atoms with Crippen molar-refractivity contribution in [3.05, 3.63) is 41.2 Å². The maximum absolute atomic E-state index is 5.78. The molecule has 0 unspecified atom stereocenters. The molecule has 2 heterocycles. The standard InChI is InChI=1S/C15H15N3O2S2/c1-9-8-21-15(16-9)22-10(2)13-17-18-14(20-13)11-4-6-12(19-3)7-5-11/h4-8,10H,1-3H3/t10-/m1/s1. The van der Waals surface area contributed by atoms with Crippen molar-refractivity contribution in [1.82, 2.24) is 15.2 Å². The zero-order valence-electron chi connectivity index (χ0n) is 12.4. The highest BCUT2D eigenvalue weighted by atomic mass is 32.2. The Hall–Kier alpha value is -1.86. The summed E-state index contributed by atoms with van der Waals surface area (Å²) in [5.74, 6) is 1.91. The van der Waals surface area contributed by atoms with Crippen LogP contribution in [0.3, 0.4) is 0 Å². The third kappa shape index (κ3) is 3.31. The number of aryl methyl sites for hydroxylation is 1. The molecule has 0 saturated heterocycles. The molecule has 3 aromatic rings. The molecular weight excluding hydrogens is 318 g/mol. The number of ether oxygens (including phenoxy) is 1. The first-order chi connectivity index (χ1) is 10.7. The number of thiazole rings is 1. The van der Waals surface area contributed by atoms with Crippen molar-refractivity contribution in [2.75, 3.05) is 7.11 Å². The van der Waals surface area contributed by atoms with Gasteiger partial charge in [-0.05, 0) is 38.1 Å².